The van der Waals surface area contributed by atoms with Gasteiger partial charge in [0.2, 0.25) is 0 Å². The van der Waals surface area contributed by atoms with E-state index in [0.29, 0.717) is 5.69 Å². The minimum absolute atomic E-state index is 0.655. The maximum Gasteiger partial charge on any atom is 0.187 e. The first-order valence-electron chi connectivity index (χ1n) is 8.02. The van der Waals surface area contributed by atoms with Crippen LogP contribution < -0.4 is 4.74 Å². The van der Waals surface area contributed by atoms with Crippen molar-refractivity contribution in [3.63, 3.8) is 0 Å². The van der Waals surface area contributed by atoms with Crippen molar-refractivity contribution in [1.29, 1.82) is 0 Å². The largest absolute Gasteiger partial charge is 0.494 e. The highest BCUT2D eigenvalue weighted by atomic mass is 28.4. The Labute approximate surface area is 137 Å². The average Bonchev–Trinajstić information content (AvgIpc) is 2.40. The summed E-state index contributed by atoms with van der Waals surface area (Å²) in [6, 6.07) is 8.56. The number of hydrogen-bond acceptors (Lipinski definition) is 2. The summed E-state index contributed by atoms with van der Waals surface area (Å²) in [4.78, 5) is 3.37. The van der Waals surface area contributed by atoms with Crippen LogP contribution >= 0.6 is 0 Å². The van der Waals surface area contributed by atoms with E-state index in [1.54, 1.807) is 12.1 Å². The first-order valence-corrected chi connectivity index (χ1v) is 14.5. The molecule has 0 spiro atoms. The van der Waals surface area contributed by atoms with Crippen molar-refractivity contribution in [1.82, 2.24) is 0 Å². The van der Waals surface area contributed by atoms with Crippen LogP contribution in [-0.2, 0) is 4.12 Å². The van der Waals surface area contributed by atoms with Gasteiger partial charge in [-0.3, -0.25) is 0 Å². The van der Waals surface area contributed by atoms with Gasteiger partial charge in [0, 0.05) is 0 Å². The summed E-state index contributed by atoms with van der Waals surface area (Å²) in [5.41, 5.74) is 0.655. The molecule has 0 atom stereocenters. The molecule has 0 heterocycles. The lowest BCUT2D eigenvalue weighted by molar-refractivity contribution is 0.306. The third-order valence-corrected chi connectivity index (χ3v) is 9.46. The molecule has 1 rings (SSSR count). The number of benzene rings is 1. The fourth-order valence-electron chi connectivity index (χ4n) is 2.52. The summed E-state index contributed by atoms with van der Waals surface area (Å²) >= 11 is 0. The van der Waals surface area contributed by atoms with Crippen LogP contribution in [0.5, 0.6) is 5.75 Å². The van der Waals surface area contributed by atoms with E-state index in [1.807, 2.05) is 12.1 Å². The smallest absolute Gasteiger partial charge is 0.187 e. The monoisotopic (exact) mass is 335 g/mol. The maximum atomic E-state index is 6.91. The van der Waals surface area contributed by atoms with Crippen molar-refractivity contribution in [3.05, 3.63) is 35.7 Å². The fraction of sp³-hybridized carbons (Fsp3) is 0.588. The molecule has 0 aliphatic heterocycles. The molecular weight excluding hydrogens is 306 g/mol. The normalized spacial score (nSPS) is 12.0. The molecule has 0 aliphatic rings. The van der Waals surface area contributed by atoms with Gasteiger partial charge in [0.1, 0.15) is 5.75 Å². The highest BCUT2D eigenvalue weighted by Crippen LogP contribution is 2.21. The van der Waals surface area contributed by atoms with Crippen molar-refractivity contribution in [3.8, 4) is 5.75 Å². The van der Waals surface area contributed by atoms with Crippen LogP contribution in [0, 0.1) is 6.57 Å². The SMILES string of the molecule is [C-]#[N+]c1ccc(OCCCCC[Si](C)(C)O[Si](C)(C)C)cc1. The number of rotatable bonds is 9. The van der Waals surface area contributed by atoms with Crippen LogP contribution in [0.1, 0.15) is 19.3 Å². The van der Waals surface area contributed by atoms with Crippen LogP contribution in [0.3, 0.4) is 0 Å². The van der Waals surface area contributed by atoms with Crippen molar-refractivity contribution < 1.29 is 8.85 Å². The average molecular weight is 336 g/mol. The number of hydrogen-bond donors (Lipinski definition) is 0. The molecule has 0 amide bonds. The van der Waals surface area contributed by atoms with Crippen LogP contribution in [-0.4, -0.2) is 23.2 Å². The molecule has 122 valence electrons. The van der Waals surface area contributed by atoms with Gasteiger partial charge >= 0.3 is 0 Å². The van der Waals surface area contributed by atoms with Gasteiger partial charge in [-0.1, -0.05) is 25.0 Å². The number of unbranched alkanes of at least 4 members (excludes halogenated alkanes) is 2. The molecular formula is C17H29NO2Si2. The van der Waals surface area contributed by atoms with Gasteiger partial charge in [-0.05, 0) is 57.3 Å². The van der Waals surface area contributed by atoms with E-state index in [0.717, 1.165) is 18.8 Å². The van der Waals surface area contributed by atoms with Gasteiger partial charge in [-0.15, -0.1) is 0 Å². The summed E-state index contributed by atoms with van der Waals surface area (Å²) in [7, 11) is -2.88. The van der Waals surface area contributed by atoms with Gasteiger partial charge < -0.3 is 8.85 Å². The molecule has 0 unspecified atom stereocenters. The predicted molar refractivity (Wildman–Crippen MR) is 98.8 cm³/mol. The molecule has 0 fully saturated rings. The molecule has 3 nitrogen and oxygen atoms in total. The topological polar surface area (TPSA) is 22.8 Å². The van der Waals surface area contributed by atoms with E-state index in [9.17, 15) is 0 Å². The summed E-state index contributed by atoms with van der Waals surface area (Å²) in [6.07, 6.45) is 3.48. The van der Waals surface area contributed by atoms with Crippen LogP contribution in [0.25, 0.3) is 4.85 Å². The molecule has 0 N–H and O–H groups in total. The highest BCUT2D eigenvalue weighted by molar-refractivity contribution is 6.84. The molecule has 1 aromatic rings. The summed E-state index contributed by atoms with van der Waals surface area (Å²) < 4.78 is 12.0. The zero-order valence-electron chi connectivity index (χ0n) is 14.6. The molecule has 1 aromatic carbocycles. The van der Waals surface area contributed by atoms with Crippen LogP contribution in [0.15, 0.2) is 24.3 Å². The maximum absolute atomic E-state index is 6.91. The van der Waals surface area contributed by atoms with Gasteiger partial charge in [-0.2, -0.15) is 0 Å². The Bertz CT molecular complexity index is 487. The Morgan fingerprint density at radius 3 is 2.14 bits per heavy atom. The molecule has 0 bridgehead atoms. The second-order valence-corrected chi connectivity index (χ2v) is 16.3. The summed E-state index contributed by atoms with van der Waals surface area (Å²) in [5, 5.41) is 0. The van der Waals surface area contributed by atoms with E-state index in [-0.39, 0.29) is 0 Å². The second kappa shape index (κ2) is 8.51. The first-order chi connectivity index (χ1) is 10.2. The fourth-order valence-corrected chi connectivity index (χ4v) is 10.7. The molecule has 22 heavy (non-hydrogen) atoms. The molecule has 0 saturated carbocycles. The lowest BCUT2D eigenvalue weighted by atomic mass is 10.2. The highest BCUT2D eigenvalue weighted by Gasteiger charge is 2.28. The van der Waals surface area contributed by atoms with Crippen molar-refractivity contribution in [2.75, 3.05) is 6.61 Å². The van der Waals surface area contributed by atoms with Crippen LogP contribution in [0.4, 0.5) is 5.69 Å². The third-order valence-electron chi connectivity index (χ3n) is 3.24. The second-order valence-electron chi connectivity index (χ2n) is 7.24. The quantitative estimate of drug-likeness (QED) is 0.321. The van der Waals surface area contributed by atoms with E-state index >= 15 is 0 Å². The number of ether oxygens (including phenoxy) is 1. The number of nitrogens with zero attached hydrogens (tertiary/aromatic N) is 1. The molecule has 0 radical (unpaired) electrons. The minimum Gasteiger partial charge on any atom is -0.494 e. The Kier molecular flexibility index (Phi) is 7.33. The van der Waals surface area contributed by atoms with Gasteiger partial charge in [0.15, 0.2) is 22.3 Å². The van der Waals surface area contributed by atoms with Crippen molar-refractivity contribution in [2.45, 2.75) is 58.0 Å². The Morgan fingerprint density at radius 2 is 1.59 bits per heavy atom. The molecule has 0 saturated heterocycles. The van der Waals surface area contributed by atoms with Crippen molar-refractivity contribution in [2.24, 2.45) is 0 Å². The van der Waals surface area contributed by atoms with Gasteiger partial charge in [0.05, 0.1) is 13.2 Å². The third kappa shape index (κ3) is 8.37. The summed E-state index contributed by atoms with van der Waals surface area (Å²) in [6.45, 7) is 19.1. The lowest BCUT2D eigenvalue weighted by Gasteiger charge is -2.31. The van der Waals surface area contributed by atoms with Gasteiger partial charge in [0.25, 0.3) is 0 Å². The molecule has 0 aliphatic carbocycles. The van der Waals surface area contributed by atoms with E-state index in [4.69, 9.17) is 15.4 Å². The zero-order valence-corrected chi connectivity index (χ0v) is 16.6. The van der Waals surface area contributed by atoms with Crippen molar-refractivity contribution >= 4 is 22.3 Å². The zero-order chi connectivity index (χ0) is 16.6. The van der Waals surface area contributed by atoms with E-state index in [1.165, 1.54) is 18.9 Å². The van der Waals surface area contributed by atoms with E-state index in [2.05, 4.69) is 37.6 Å². The standard InChI is InChI=1S/C17H29NO2Si2/c1-18-16-10-12-17(13-11-16)19-14-8-7-9-15-22(5,6)20-21(2,3)4/h10-13H,7-9,14-15H2,2-6H3. The van der Waals surface area contributed by atoms with E-state index < -0.39 is 16.6 Å². The van der Waals surface area contributed by atoms with Gasteiger partial charge in [-0.25, -0.2) is 4.85 Å². The predicted octanol–water partition coefficient (Wildman–Crippen LogP) is 5.84. The summed E-state index contributed by atoms with van der Waals surface area (Å²) in [5.74, 6) is 0.851. The first kappa shape index (κ1) is 19.0. The Hall–Kier alpha value is -1.10. The Morgan fingerprint density at radius 1 is 0.955 bits per heavy atom. The lowest BCUT2D eigenvalue weighted by Crippen LogP contribution is -2.42. The molecule has 0 aromatic heterocycles. The minimum atomic E-state index is -1.48. The Balaban J connectivity index is 2.16. The van der Waals surface area contributed by atoms with Crippen LogP contribution in [0.2, 0.25) is 38.8 Å². The molecule has 5 heteroatoms.